The van der Waals surface area contributed by atoms with E-state index in [9.17, 15) is 0 Å². The number of rotatable bonds is 6. The maximum Gasteiger partial charge on any atom is 0.133 e. The Bertz CT molecular complexity index is 594. The molecule has 22 heavy (non-hydrogen) atoms. The molecule has 2 aliphatic rings. The molecule has 0 amide bonds. The second-order valence-electron chi connectivity index (χ2n) is 5.97. The monoisotopic (exact) mass is 335 g/mol. The first-order chi connectivity index (χ1) is 10.9. The van der Waals surface area contributed by atoms with Crippen LogP contribution in [0.15, 0.2) is 22.9 Å². The summed E-state index contributed by atoms with van der Waals surface area (Å²) in [5.41, 5.74) is 1.13. The molecule has 1 saturated carbocycles. The predicted octanol–water partition coefficient (Wildman–Crippen LogP) is 2.82. The van der Waals surface area contributed by atoms with E-state index in [0.717, 1.165) is 49.5 Å². The van der Waals surface area contributed by atoms with E-state index in [1.807, 2.05) is 0 Å². The molecule has 0 radical (unpaired) electrons. The van der Waals surface area contributed by atoms with Crippen LogP contribution in [0.4, 0.5) is 0 Å². The fourth-order valence-electron chi connectivity index (χ4n) is 2.90. The highest BCUT2D eigenvalue weighted by Gasteiger charge is 2.32. The van der Waals surface area contributed by atoms with Crippen LogP contribution in [-0.4, -0.2) is 48.3 Å². The van der Waals surface area contributed by atoms with E-state index in [1.54, 1.807) is 22.7 Å². The fourth-order valence-corrected chi connectivity index (χ4v) is 4.53. The van der Waals surface area contributed by atoms with Gasteiger partial charge in [0.05, 0.1) is 23.3 Å². The number of thiazole rings is 1. The van der Waals surface area contributed by atoms with Crippen LogP contribution in [0.3, 0.4) is 0 Å². The lowest BCUT2D eigenvalue weighted by molar-refractivity contribution is -0.0301. The molecule has 118 valence electrons. The summed E-state index contributed by atoms with van der Waals surface area (Å²) < 4.78 is 5.87. The summed E-state index contributed by atoms with van der Waals surface area (Å²) in [6, 6.07) is 5.05. The topological polar surface area (TPSA) is 37.4 Å². The normalized spacial score (nSPS) is 23.0. The van der Waals surface area contributed by atoms with Crippen molar-refractivity contribution in [2.75, 3.05) is 26.2 Å². The van der Waals surface area contributed by atoms with Gasteiger partial charge in [0.25, 0.3) is 0 Å². The van der Waals surface area contributed by atoms with Gasteiger partial charge in [-0.2, -0.15) is 0 Å². The van der Waals surface area contributed by atoms with Crippen molar-refractivity contribution in [1.82, 2.24) is 15.2 Å². The largest absolute Gasteiger partial charge is 0.374 e. The molecule has 1 aliphatic heterocycles. The van der Waals surface area contributed by atoms with Crippen molar-refractivity contribution >= 4 is 22.7 Å². The molecule has 4 rings (SSSR count). The predicted molar refractivity (Wildman–Crippen MR) is 91.5 cm³/mol. The number of morpholine rings is 1. The Labute approximate surface area is 139 Å². The summed E-state index contributed by atoms with van der Waals surface area (Å²) in [5, 5.41) is 8.88. The second kappa shape index (κ2) is 6.76. The standard InChI is InChI=1S/C16H21N3OS2/c1-2-15(21-7-1)16-18-12(11-22-16)8-17-9-14-10-19(5-6-20-14)13-3-4-13/h1-2,7,11,13-14,17H,3-6,8-10H2/t14-/m1/s1. The van der Waals surface area contributed by atoms with E-state index < -0.39 is 0 Å². The Morgan fingerprint density at radius 3 is 3.14 bits per heavy atom. The number of aromatic nitrogens is 1. The summed E-state index contributed by atoms with van der Waals surface area (Å²) in [6.45, 7) is 4.80. The minimum Gasteiger partial charge on any atom is -0.374 e. The van der Waals surface area contributed by atoms with Crippen LogP contribution in [0.25, 0.3) is 9.88 Å². The number of nitrogens with zero attached hydrogens (tertiary/aromatic N) is 2. The van der Waals surface area contributed by atoms with Gasteiger partial charge in [-0.25, -0.2) is 4.98 Å². The molecule has 4 nitrogen and oxygen atoms in total. The van der Waals surface area contributed by atoms with Crippen molar-refractivity contribution in [3.05, 3.63) is 28.6 Å². The van der Waals surface area contributed by atoms with Crippen LogP contribution in [0.2, 0.25) is 0 Å². The van der Waals surface area contributed by atoms with Crippen molar-refractivity contribution in [3.63, 3.8) is 0 Å². The van der Waals surface area contributed by atoms with E-state index >= 15 is 0 Å². The average molecular weight is 335 g/mol. The molecule has 1 saturated heterocycles. The molecule has 2 aromatic heterocycles. The van der Waals surface area contributed by atoms with Gasteiger partial charge in [-0.05, 0) is 24.3 Å². The van der Waals surface area contributed by atoms with Crippen LogP contribution >= 0.6 is 22.7 Å². The first kappa shape index (κ1) is 14.8. The summed E-state index contributed by atoms with van der Waals surface area (Å²) >= 11 is 3.47. The Kier molecular flexibility index (Phi) is 4.54. The van der Waals surface area contributed by atoms with Crippen molar-refractivity contribution in [3.8, 4) is 9.88 Å². The van der Waals surface area contributed by atoms with Gasteiger partial charge in [-0.15, -0.1) is 22.7 Å². The SMILES string of the molecule is c1csc(-c2nc(CNC[C@@H]3CN(C4CC4)CCO3)cs2)c1. The van der Waals surface area contributed by atoms with Crippen molar-refractivity contribution in [2.24, 2.45) is 0 Å². The second-order valence-corrected chi connectivity index (χ2v) is 7.78. The first-order valence-corrected chi connectivity index (χ1v) is 9.69. The molecule has 2 aromatic rings. The van der Waals surface area contributed by atoms with E-state index in [1.165, 1.54) is 17.7 Å². The lowest BCUT2D eigenvalue weighted by Gasteiger charge is -2.33. The molecular formula is C16H21N3OS2. The van der Waals surface area contributed by atoms with Gasteiger partial charge in [0.15, 0.2) is 0 Å². The third kappa shape index (κ3) is 3.58. The Morgan fingerprint density at radius 1 is 1.36 bits per heavy atom. The Morgan fingerprint density at radius 2 is 2.32 bits per heavy atom. The zero-order valence-electron chi connectivity index (χ0n) is 12.5. The van der Waals surface area contributed by atoms with Crippen LogP contribution in [0, 0.1) is 0 Å². The van der Waals surface area contributed by atoms with Gasteiger partial charge < -0.3 is 10.1 Å². The first-order valence-electron chi connectivity index (χ1n) is 7.93. The van der Waals surface area contributed by atoms with E-state index in [-0.39, 0.29) is 0 Å². The third-order valence-corrected chi connectivity index (χ3v) is 6.13. The molecular weight excluding hydrogens is 314 g/mol. The molecule has 1 aliphatic carbocycles. The highest BCUT2D eigenvalue weighted by atomic mass is 32.1. The molecule has 0 bridgehead atoms. The Hall–Kier alpha value is -0.790. The molecule has 0 unspecified atom stereocenters. The lowest BCUT2D eigenvalue weighted by atomic mass is 10.2. The summed E-state index contributed by atoms with van der Waals surface area (Å²) in [6.07, 6.45) is 3.08. The fraction of sp³-hybridized carbons (Fsp3) is 0.562. The number of thiophene rings is 1. The van der Waals surface area contributed by atoms with Gasteiger partial charge in [0.1, 0.15) is 5.01 Å². The van der Waals surface area contributed by atoms with Crippen LogP contribution < -0.4 is 5.32 Å². The number of hydrogen-bond acceptors (Lipinski definition) is 6. The summed E-state index contributed by atoms with van der Waals surface area (Å²) in [5.74, 6) is 0. The maximum absolute atomic E-state index is 5.87. The number of nitrogens with one attached hydrogen (secondary N) is 1. The highest BCUT2D eigenvalue weighted by molar-refractivity contribution is 7.20. The van der Waals surface area contributed by atoms with Gasteiger partial charge in [0.2, 0.25) is 0 Å². The number of ether oxygens (including phenoxy) is 1. The van der Waals surface area contributed by atoms with E-state index in [2.05, 4.69) is 33.1 Å². The van der Waals surface area contributed by atoms with Crippen molar-refractivity contribution in [1.29, 1.82) is 0 Å². The van der Waals surface area contributed by atoms with Crippen LogP contribution in [-0.2, 0) is 11.3 Å². The zero-order valence-corrected chi connectivity index (χ0v) is 14.2. The summed E-state index contributed by atoms with van der Waals surface area (Å²) in [4.78, 5) is 8.55. The smallest absolute Gasteiger partial charge is 0.133 e. The molecule has 2 fully saturated rings. The van der Waals surface area contributed by atoms with Gasteiger partial charge in [0, 0.05) is 37.6 Å². The minimum atomic E-state index is 0.324. The maximum atomic E-state index is 5.87. The van der Waals surface area contributed by atoms with E-state index in [4.69, 9.17) is 9.72 Å². The van der Waals surface area contributed by atoms with Crippen molar-refractivity contribution < 1.29 is 4.74 Å². The average Bonchev–Trinajstić information content (AvgIpc) is 3.06. The minimum absolute atomic E-state index is 0.324. The molecule has 1 atom stereocenters. The van der Waals surface area contributed by atoms with Crippen LogP contribution in [0.1, 0.15) is 18.5 Å². The number of hydrogen-bond donors (Lipinski definition) is 1. The molecule has 1 N–H and O–H groups in total. The molecule has 0 spiro atoms. The molecule has 0 aromatic carbocycles. The highest BCUT2D eigenvalue weighted by Crippen LogP contribution is 2.28. The van der Waals surface area contributed by atoms with Gasteiger partial charge >= 0.3 is 0 Å². The van der Waals surface area contributed by atoms with Crippen molar-refractivity contribution in [2.45, 2.75) is 31.5 Å². The molecule has 3 heterocycles. The quantitative estimate of drug-likeness (QED) is 0.881. The third-order valence-electron chi connectivity index (χ3n) is 4.20. The van der Waals surface area contributed by atoms with Gasteiger partial charge in [-0.1, -0.05) is 6.07 Å². The van der Waals surface area contributed by atoms with Crippen LogP contribution in [0.5, 0.6) is 0 Å². The Balaban J connectivity index is 1.24. The lowest BCUT2D eigenvalue weighted by Crippen LogP contribution is -2.47. The zero-order chi connectivity index (χ0) is 14.8. The van der Waals surface area contributed by atoms with E-state index in [0.29, 0.717) is 6.10 Å². The van der Waals surface area contributed by atoms with Gasteiger partial charge in [-0.3, -0.25) is 4.90 Å². The summed E-state index contributed by atoms with van der Waals surface area (Å²) in [7, 11) is 0. The molecule has 6 heteroatoms.